The first-order valence-electron chi connectivity index (χ1n) is 7.60. The number of carbonyl (C=O) groups excluding carboxylic acids is 2. The van der Waals surface area contributed by atoms with Crippen LogP contribution in [0.2, 0.25) is 5.02 Å². The summed E-state index contributed by atoms with van der Waals surface area (Å²) in [7, 11) is 0. The summed E-state index contributed by atoms with van der Waals surface area (Å²) in [6.07, 6.45) is -5.07. The first-order valence-corrected chi connectivity index (χ1v) is 7.98. The summed E-state index contributed by atoms with van der Waals surface area (Å²) in [5, 5.41) is 5.16. The number of amides is 2. The Labute approximate surface area is 153 Å². The third-order valence-electron chi connectivity index (χ3n) is 3.49. The van der Waals surface area contributed by atoms with E-state index in [1.165, 1.54) is 12.1 Å². The molecule has 0 fully saturated rings. The first kappa shape index (κ1) is 19.8. The minimum absolute atomic E-state index is 0.0397. The van der Waals surface area contributed by atoms with Gasteiger partial charge in [0.2, 0.25) is 11.8 Å². The average Bonchev–Trinajstić information content (AvgIpc) is 2.50. The van der Waals surface area contributed by atoms with E-state index in [9.17, 15) is 22.8 Å². The zero-order valence-corrected chi connectivity index (χ0v) is 14.8. The molecule has 0 aliphatic carbocycles. The van der Waals surface area contributed by atoms with Crippen molar-refractivity contribution in [1.82, 2.24) is 0 Å². The molecular formula is C18H16ClF3N2O2. The van der Waals surface area contributed by atoms with E-state index < -0.39 is 30.0 Å². The molecular weight excluding hydrogens is 369 g/mol. The molecule has 26 heavy (non-hydrogen) atoms. The van der Waals surface area contributed by atoms with Crippen LogP contribution in [0.5, 0.6) is 0 Å². The predicted octanol–water partition coefficient (Wildman–Crippen LogP) is 4.94. The number of hydrogen-bond donors (Lipinski definition) is 2. The summed E-state index contributed by atoms with van der Waals surface area (Å²) in [6, 6.07) is 7.68. The molecule has 138 valence electrons. The smallest absolute Gasteiger partial charge is 0.326 e. The Hall–Kier alpha value is -2.54. The van der Waals surface area contributed by atoms with Gasteiger partial charge in [0.1, 0.15) is 6.42 Å². The molecule has 2 N–H and O–H groups in total. The van der Waals surface area contributed by atoms with Gasteiger partial charge in [-0.05, 0) is 49.2 Å². The van der Waals surface area contributed by atoms with Crippen molar-refractivity contribution in [2.24, 2.45) is 0 Å². The predicted molar refractivity (Wildman–Crippen MR) is 94.2 cm³/mol. The van der Waals surface area contributed by atoms with E-state index in [0.717, 1.165) is 23.3 Å². The highest BCUT2D eigenvalue weighted by Crippen LogP contribution is 2.31. The third kappa shape index (κ3) is 5.23. The molecule has 0 saturated carbocycles. The van der Waals surface area contributed by atoms with Gasteiger partial charge in [0.15, 0.2) is 0 Å². The highest BCUT2D eigenvalue weighted by molar-refractivity contribution is 6.34. The molecule has 0 atom stereocenters. The second kappa shape index (κ2) is 7.78. The summed E-state index contributed by atoms with van der Waals surface area (Å²) < 4.78 is 38.0. The van der Waals surface area contributed by atoms with Gasteiger partial charge in [-0.3, -0.25) is 9.59 Å². The van der Waals surface area contributed by atoms with Gasteiger partial charge in [0.05, 0.1) is 16.3 Å². The van der Waals surface area contributed by atoms with Crippen molar-refractivity contribution in [2.75, 3.05) is 10.6 Å². The number of anilines is 2. The Morgan fingerprint density at radius 1 is 1.04 bits per heavy atom. The maximum absolute atomic E-state index is 12.7. The molecule has 8 heteroatoms. The standard InChI is InChI=1S/C18H16ClF3N2O2/c1-10-6-11(2)17(14(19)7-10)24-16(26)9-15(25)23-13-5-3-4-12(8-13)18(20,21)22/h3-8H,9H2,1-2H3,(H,23,25)(H,24,26). The molecule has 0 spiro atoms. The van der Waals surface area contributed by atoms with Crippen LogP contribution in [0.4, 0.5) is 24.5 Å². The van der Waals surface area contributed by atoms with Gasteiger partial charge in [-0.25, -0.2) is 0 Å². The average molecular weight is 385 g/mol. The molecule has 0 aromatic heterocycles. The summed E-state index contributed by atoms with van der Waals surface area (Å²) in [5.74, 6) is -1.36. The van der Waals surface area contributed by atoms with Crippen molar-refractivity contribution in [1.29, 1.82) is 0 Å². The van der Waals surface area contributed by atoms with Gasteiger partial charge in [-0.1, -0.05) is 23.7 Å². The molecule has 0 aliphatic rings. The van der Waals surface area contributed by atoms with Gasteiger partial charge in [-0.15, -0.1) is 0 Å². The van der Waals surface area contributed by atoms with Gasteiger partial charge in [0, 0.05) is 5.69 Å². The number of aryl methyl sites for hydroxylation is 2. The number of benzene rings is 2. The number of alkyl halides is 3. The fourth-order valence-electron chi connectivity index (χ4n) is 2.38. The van der Waals surface area contributed by atoms with Crippen molar-refractivity contribution in [3.63, 3.8) is 0 Å². The molecule has 0 heterocycles. The van der Waals surface area contributed by atoms with Crippen molar-refractivity contribution in [2.45, 2.75) is 26.4 Å². The van der Waals surface area contributed by atoms with Crippen molar-refractivity contribution in [3.05, 3.63) is 58.1 Å². The molecule has 0 saturated heterocycles. The van der Waals surface area contributed by atoms with Crippen LogP contribution in [0, 0.1) is 13.8 Å². The van der Waals surface area contributed by atoms with Crippen LogP contribution in [0.1, 0.15) is 23.1 Å². The Morgan fingerprint density at radius 3 is 2.31 bits per heavy atom. The summed E-state index contributed by atoms with van der Waals surface area (Å²) in [4.78, 5) is 23.9. The number of hydrogen-bond acceptors (Lipinski definition) is 2. The van der Waals surface area contributed by atoms with Crippen LogP contribution >= 0.6 is 11.6 Å². The van der Waals surface area contributed by atoms with Crippen LogP contribution < -0.4 is 10.6 Å². The fraction of sp³-hybridized carbons (Fsp3) is 0.222. The zero-order valence-electron chi connectivity index (χ0n) is 14.0. The zero-order chi connectivity index (χ0) is 19.5. The maximum atomic E-state index is 12.7. The second-order valence-corrected chi connectivity index (χ2v) is 6.20. The maximum Gasteiger partial charge on any atom is 0.416 e. The van der Waals surface area contributed by atoms with Crippen molar-refractivity contribution < 1.29 is 22.8 Å². The van der Waals surface area contributed by atoms with E-state index in [2.05, 4.69) is 10.6 Å². The van der Waals surface area contributed by atoms with E-state index in [4.69, 9.17) is 11.6 Å². The Morgan fingerprint density at radius 2 is 1.69 bits per heavy atom. The summed E-state index contributed by atoms with van der Waals surface area (Å²) in [5.41, 5.74) is 1.13. The Bertz CT molecular complexity index is 828. The summed E-state index contributed by atoms with van der Waals surface area (Å²) >= 11 is 6.08. The molecule has 2 amide bonds. The van der Waals surface area contributed by atoms with E-state index in [0.29, 0.717) is 10.7 Å². The molecule has 0 radical (unpaired) electrons. The lowest BCUT2D eigenvalue weighted by Crippen LogP contribution is -2.22. The quantitative estimate of drug-likeness (QED) is 0.733. The monoisotopic (exact) mass is 384 g/mol. The van der Waals surface area contributed by atoms with Gasteiger partial charge >= 0.3 is 6.18 Å². The summed E-state index contributed by atoms with van der Waals surface area (Å²) in [6.45, 7) is 3.62. The number of nitrogens with one attached hydrogen (secondary N) is 2. The number of carbonyl (C=O) groups is 2. The molecule has 2 aromatic carbocycles. The van der Waals surface area contributed by atoms with E-state index in [-0.39, 0.29) is 5.69 Å². The molecule has 0 unspecified atom stereocenters. The van der Waals surface area contributed by atoms with Crippen molar-refractivity contribution >= 4 is 34.8 Å². The number of halogens is 4. The molecule has 2 aromatic rings. The normalized spacial score (nSPS) is 11.2. The third-order valence-corrected chi connectivity index (χ3v) is 3.79. The Kier molecular flexibility index (Phi) is 5.92. The molecule has 4 nitrogen and oxygen atoms in total. The van der Waals surface area contributed by atoms with Crippen LogP contribution in [-0.2, 0) is 15.8 Å². The SMILES string of the molecule is Cc1cc(C)c(NC(=O)CC(=O)Nc2cccc(C(F)(F)F)c2)c(Cl)c1. The lowest BCUT2D eigenvalue weighted by atomic mass is 10.1. The van der Waals surface area contributed by atoms with Crippen molar-refractivity contribution in [3.8, 4) is 0 Å². The molecule has 2 rings (SSSR count). The molecule has 0 bridgehead atoms. The minimum atomic E-state index is -4.52. The van der Waals surface area contributed by atoms with E-state index in [1.54, 1.807) is 13.0 Å². The topological polar surface area (TPSA) is 58.2 Å². The lowest BCUT2D eigenvalue weighted by molar-refractivity contribution is -0.137. The largest absolute Gasteiger partial charge is 0.416 e. The van der Waals surface area contributed by atoms with Gasteiger partial charge in [0.25, 0.3) is 0 Å². The van der Waals surface area contributed by atoms with Crippen LogP contribution in [0.15, 0.2) is 36.4 Å². The van der Waals surface area contributed by atoms with Crippen LogP contribution in [0.25, 0.3) is 0 Å². The first-order chi connectivity index (χ1) is 12.1. The van der Waals surface area contributed by atoms with Crippen LogP contribution in [0.3, 0.4) is 0 Å². The lowest BCUT2D eigenvalue weighted by Gasteiger charge is -2.12. The number of rotatable bonds is 4. The van der Waals surface area contributed by atoms with E-state index >= 15 is 0 Å². The molecule has 0 aliphatic heterocycles. The van der Waals surface area contributed by atoms with Gasteiger partial charge in [-0.2, -0.15) is 13.2 Å². The highest BCUT2D eigenvalue weighted by atomic mass is 35.5. The second-order valence-electron chi connectivity index (χ2n) is 5.79. The minimum Gasteiger partial charge on any atom is -0.326 e. The fourth-order valence-corrected chi connectivity index (χ4v) is 2.75. The van der Waals surface area contributed by atoms with Crippen LogP contribution in [-0.4, -0.2) is 11.8 Å². The van der Waals surface area contributed by atoms with E-state index in [1.807, 2.05) is 13.0 Å². The van der Waals surface area contributed by atoms with Gasteiger partial charge < -0.3 is 10.6 Å². The highest BCUT2D eigenvalue weighted by Gasteiger charge is 2.30. The Balaban J connectivity index is 2.01.